The molecule has 8 nitrogen and oxygen atoms in total. The fourth-order valence-electron chi connectivity index (χ4n) is 4.36. The van der Waals surface area contributed by atoms with Gasteiger partial charge >= 0.3 is 6.09 Å². The van der Waals surface area contributed by atoms with Gasteiger partial charge in [0, 0.05) is 13.0 Å². The second kappa shape index (κ2) is 14.7. The summed E-state index contributed by atoms with van der Waals surface area (Å²) in [6.07, 6.45) is 0.194. The van der Waals surface area contributed by atoms with Crippen LogP contribution in [0.5, 0.6) is 0 Å². The first-order chi connectivity index (χ1) is 19.6. The highest BCUT2D eigenvalue weighted by Gasteiger charge is 2.36. The van der Waals surface area contributed by atoms with Gasteiger partial charge in [0.1, 0.15) is 24.2 Å². The number of benzene rings is 3. The molecule has 3 amide bonds. The standard InChI is InChI=1S/C33H38N4O4/c1-5-24-16-18-27(19-17-24)29(30(38)35-23-26-14-10-7-11-15-26)37(21-20-34)31(39)28(22-25-12-8-6-9-13-25)36-32(40)41-33(2,3)4/h6-19,28-29H,5,21-23H2,1-4H3,(H,35,38)(H,36,40). The van der Waals surface area contributed by atoms with E-state index in [1.165, 1.54) is 4.90 Å². The third-order valence-electron chi connectivity index (χ3n) is 6.37. The van der Waals surface area contributed by atoms with Gasteiger partial charge < -0.3 is 20.3 Å². The Morgan fingerprint density at radius 3 is 2.00 bits per heavy atom. The molecule has 0 fully saturated rings. The molecule has 0 spiro atoms. The number of nitrogens with zero attached hydrogens (tertiary/aromatic N) is 2. The fraction of sp³-hybridized carbons (Fsp3) is 0.333. The zero-order valence-corrected chi connectivity index (χ0v) is 24.1. The molecule has 0 aliphatic heterocycles. The Morgan fingerprint density at radius 1 is 0.878 bits per heavy atom. The highest BCUT2D eigenvalue weighted by atomic mass is 16.6. The molecular formula is C33H38N4O4. The van der Waals surface area contributed by atoms with Gasteiger partial charge in [-0.05, 0) is 49.4 Å². The maximum absolute atomic E-state index is 14.2. The molecular weight excluding hydrogens is 516 g/mol. The number of aryl methyl sites for hydroxylation is 1. The molecule has 0 bridgehead atoms. The lowest BCUT2D eigenvalue weighted by molar-refractivity contribution is -0.141. The predicted molar refractivity (Wildman–Crippen MR) is 157 cm³/mol. The van der Waals surface area contributed by atoms with Gasteiger partial charge in [-0.1, -0.05) is 91.9 Å². The minimum atomic E-state index is -1.10. The third kappa shape index (κ3) is 9.50. The highest BCUT2D eigenvalue weighted by molar-refractivity contribution is 5.92. The van der Waals surface area contributed by atoms with E-state index in [1.54, 1.807) is 32.9 Å². The van der Waals surface area contributed by atoms with Crippen LogP contribution in [0, 0.1) is 11.3 Å². The summed E-state index contributed by atoms with van der Waals surface area (Å²) >= 11 is 0. The van der Waals surface area contributed by atoms with E-state index in [0.717, 1.165) is 23.1 Å². The van der Waals surface area contributed by atoms with Gasteiger partial charge in [0.15, 0.2) is 0 Å². The Morgan fingerprint density at radius 2 is 1.46 bits per heavy atom. The zero-order chi connectivity index (χ0) is 29.8. The molecule has 3 rings (SSSR count). The van der Waals surface area contributed by atoms with Crippen molar-refractivity contribution in [1.29, 1.82) is 5.26 Å². The number of ether oxygens (including phenoxy) is 1. The van der Waals surface area contributed by atoms with E-state index in [-0.39, 0.29) is 19.5 Å². The van der Waals surface area contributed by atoms with Crippen molar-refractivity contribution in [1.82, 2.24) is 15.5 Å². The summed E-state index contributed by atoms with van der Waals surface area (Å²) < 4.78 is 5.44. The predicted octanol–water partition coefficient (Wildman–Crippen LogP) is 5.09. The topological polar surface area (TPSA) is 112 Å². The number of hydrogen-bond acceptors (Lipinski definition) is 5. The normalized spacial score (nSPS) is 12.4. The van der Waals surface area contributed by atoms with Gasteiger partial charge in [0.05, 0.1) is 6.07 Å². The molecule has 0 aromatic heterocycles. The summed E-state index contributed by atoms with van der Waals surface area (Å²) in [5.41, 5.74) is 2.55. The van der Waals surface area contributed by atoms with Crippen LogP contribution < -0.4 is 10.6 Å². The average Bonchev–Trinajstić information content (AvgIpc) is 2.95. The van der Waals surface area contributed by atoms with Crippen molar-refractivity contribution in [3.63, 3.8) is 0 Å². The highest BCUT2D eigenvalue weighted by Crippen LogP contribution is 2.24. The van der Waals surface area contributed by atoms with Crippen LogP contribution >= 0.6 is 0 Å². The third-order valence-corrected chi connectivity index (χ3v) is 6.37. The fourth-order valence-corrected chi connectivity index (χ4v) is 4.36. The summed E-state index contributed by atoms with van der Waals surface area (Å²) in [6, 6.07) is 25.9. The summed E-state index contributed by atoms with van der Waals surface area (Å²) in [4.78, 5) is 42.0. The van der Waals surface area contributed by atoms with E-state index >= 15 is 0 Å². The summed E-state index contributed by atoms with van der Waals surface area (Å²) in [5, 5.41) is 15.4. The van der Waals surface area contributed by atoms with E-state index in [1.807, 2.05) is 85.8 Å². The van der Waals surface area contributed by atoms with Gasteiger partial charge in [-0.25, -0.2) is 4.79 Å². The zero-order valence-electron chi connectivity index (χ0n) is 24.1. The minimum Gasteiger partial charge on any atom is -0.444 e. The van der Waals surface area contributed by atoms with E-state index in [2.05, 4.69) is 10.6 Å². The van der Waals surface area contributed by atoms with Gasteiger partial charge in [-0.3, -0.25) is 9.59 Å². The first-order valence-corrected chi connectivity index (χ1v) is 13.7. The lowest BCUT2D eigenvalue weighted by Gasteiger charge is -2.33. The molecule has 8 heteroatoms. The van der Waals surface area contributed by atoms with Crippen LogP contribution in [0.15, 0.2) is 84.9 Å². The van der Waals surface area contributed by atoms with Crippen LogP contribution in [0.1, 0.15) is 56.0 Å². The number of nitriles is 1. The smallest absolute Gasteiger partial charge is 0.408 e. The molecule has 214 valence electrons. The average molecular weight is 555 g/mol. The molecule has 3 aromatic rings. The Labute approximate surface area is 242 Å². The van der Waals surface area contributed by atoms with Crippen molar-refractivity contribution in [3.8, 4) is 6.07 Å². The number of rotatable bonds is 11. The Balaban J connectivity index is 1.99. The lowest BCUT2D eigenvalue weighted by atomic mass is 9.99. The van der Waals surface area contributed by atoms with Crippen molar-refractivity contribution in [3.05, 3.63) is 107 Å². The van der Waals surface area contributed by atoms with Crippen molar-refractivity contribution < 1.29 is 19.1 Å². The molecule has 2 atom stereocenters. The number of hydrogen-bond donors (Lipinski definition) is 2. The molecule has 0 aliphatic carbocycles. The van der Waals surface area contributed by atoms with Gasteiger partial charge in [0.25, 0.3) is 0 Å². The van der Waals surface area contributed by atoms with Crippen molar-refractivity contribution >= 4 is 17.9 Å². The number of amides is 3. The largest absolute Gasteiger partial charge is 0.444 e. The quantitative estimate of drug-likeness (QED) is 0.321. The number of carbonyl (C=O) groups excluding carboxylic acids is 3. The molecule has 0 radical (unpaired) electrons. The van der Waals surface area contributed by atoms with E-state index < -0.39 is 35.6 Å². The SMILES string of the molecule is CCc1ccc(C(C(=O)NCc2ccccc2)N(CC#N)C(=O)C(Cc2ccccc2)NC(=O)OC(C)(C)C)cc1. The molecule has 0 heterocycles. The molecule has 0 saturated heterocycles. The maximum Gasteiger partial charge on any atom is 0.408 e. The number of alkyl carbamates (subject to hydrolysis) is 1. The monoisotopic (exact) mass is 554 g/mol. The summed E-state index contributed by atoms with van der Waals surface area (Å²) in [5.74, 6) is -1.00. The molecule has 3 aromatic carbocycles. The van der Waals surface area contributed by atoms with Gasteiger partial charge in [0.2, 0.25) is 11.8 Å². The maximum atomic E-state index is 14.2. The second-order valence-electron chi connectivity index (χ2n) is 10.7. The number of carbonyl (C=O) groups is 3. The Bertz CT molecular complexity index is 1330. The minimum absolute atomic E-state index is 0.147. The van der Waals surface area contributed by atoms with Crippen molar-refractivity contribution in [2.24, 2.45) is 0 Å². The van der Waals surface area contributed by atoms with Gasteiger partial charge in [-0.15, -0.1) is 0 Å². The van der Waals surface area contributed by atoms with E-state index in [4.69, 9.17) is 4.74 Å². The Kier molecular flexibility index (Phi) is 11.0. The molecule has 41 heavy (non-hydrogen) atoms. The van der Waals surface area contributed by atoms with Crippen LogP contribution in [0.2, 0.25) is 0 Å². The molecule has 0 saturated carbocycles. The van der Waals surface area contributed by atoms with Crippen LogP contribution in [-0.2, 0) is 33.7 Å². The first-order valence-electron chi connectivity index (χ1n) is 13.7. The van der Waals surface area contributed by atoms with Crippen molar-refractivity contribution in [2.45, 2.75) is 64.8 Å². The van der Waals surface area contributed by atoms with Crippen LogP contribution in [0.25, 0.3) is 0 Å². The second-order valence-corrected chi connectivity index (χ2v) is 10.7. The van der Waals surface area contributed by atoms with Gasteiger partial charge in [-0.2, -0.15) is 5.26 Å². The van der Waals surface area contributed by atoms with Crippen LogP contribution in [0.3, 0.4) is 0 Å². The van der Waals surface area contributed by atoms with E-state index in [9.17, 15) is 19.6 Å². The van der Waals surface area contributed by atoms with Crippen LogP contribution in [-0.4, -0.2) is 41.0 Å². The molecule has 0 aliphatic rings. The number of nitrogens with one attached hydrogen (secondary N) is 2. The first kappa shape index (κ1) is 30.9. The van der Waals surface area contributed by atoms with Crippen LogP contribution in [0.4, 0.5) is 4.79 Å². The van der Waals surface area contributed by atoms with E-state index in [0.29, 0.717) is 5.56 Å². The van der Waals surface area contributed by atoms with Crippen molar-refractivity contribution in [2.75, 3.05) is 6.54 Å². The summed E-state index contributed by atoms with van der Waals surface area (Å²) in [7, 11) is 0. The Hall–Kier alpha value is -4.64. The molecule has 2 N–H and O–H groups in total. The summed E-state index contributed by atoms with van der Waals surface area (Å²) in [6.45, 7) is 7.11. The molecule has 2 unspecified atom stereocenters. The lowest BCUT2D eigenvalue weighted by Crippen LogP contribution is -2.53.